The van der Waals surface area contributed by atoms with Gasteiger partial charge in [-0.25, -0.2) is 4.98 Å². The first kappa shape index (κ1) is 15.9. The standard InChI is InChI=1S/C19H18N6O/c1-11-3-6-16(26-2)14(9-11)18-13-10-12(4-5-15(13)24-25-18)22-17-7-8-21-19(20)23-17/h3-10H,1-2H3,(H,24,25)(H3,20,21,22,23). The minimum atomic E-state index is 0.226. The predicted octanol–water partition coefficient (Wildman–Crippen LogP) is 3.66. The number of hydrogen-bond donors (Lipinski definition) is 3. The highest BCUT2D eigenvalue weighted by molar-refractivity contribution is 5.96. The minimum Gasteiger partial charge on any atom is -0.496 e. The monoisotopic (exact) mass is 346 g/mol. The van der Waals surface area contributed by atoms with Crippen molar-refractivity contribution in [2.75, 3.05) is 18.2 Å². The SMILES string of the molecule is COc1ccc(C)cc1-c1n[nH]c2ccc(Nc3ccnc(N)n3)cc12. The number of anilines is 3. The maximum absolute atomic E-state index is 5.64. The number of nitrogen functional groups attached to an aromatic ring is 1. The summed E-state index contributed by atoms with van der Waals surface area (Å²) < 4.78 is 5.51. The quantitative estimate of drug-likeness (QED) is 0.521. The molecule has 4 N–H and O–H groups in total. The van der Waals surface area contributed by atoms with Gasteiger partial charge in [0.05, 0.1) is 12.6 Å². The number of rotatable bonds is 4. The van der Waals surface area contributed by atoms with Crippen molar-refractivity contribution >= 4 is 28.4 Å². The van der Waals surface area contributed by atoms with Crippen LogP contribution in [0.1, 0.15) is 5.56 Å². The van der Waals surface area contributed by atoms with Crippen molar-refractivity contribution in [2.24, 2.45) is 0 Å². The number of nitrogens with two attached hydrogens (primary N) is 1. The van der Waals surface area contributed by atoms with Crippen LogP contribution in [0.25, 0.3) is 22.2 Å². The van der Waals surface area contributed by atoms with E-state index in [2.05, 4.69) is 31.5 Å². The van der Waals surface area contributed by atoms with E-state index in [1.54, 1.807) is 19.4 Å². The molecular weight excluding hydrogens is 328 g/mol. The van der Waals surface area contributed by atoms with Gasteiger partial charge >= 0.3 is 0 Å². The Bertz CT molecular complexity index is 1090. The Morgan fingerprint density at radius 1 is 1.12 bits per heavy atom. The van der Waals surface area contributed by atoms with E-state index in [4.69, 9.17) is 10.5 Å². The van der Waals surface area contributed by atoms with Gasteiger partial charge in [-0.3, -0.25) is 5.10 Å². The Morgan fingerprint density at radius 2 is 2.00 bits per heavy atom. The van der Waals surface area contributed by atoms with E-state index in [0.717, 1.165) is 39.2 Å². The summed E-state index contributed by atoms with van der Waals surface area (Å²) in [5.41, 5.74) is 10.4. The fraction of sp³-hybridized carbons (Fsp3) is 0.105. The predicted molar refractivity (Wildman–Crippen MR) is 103 cm³/mol. The van der Waals surface area contributed by atoms with Gasteiger partial charge < -0.3 is 15.8 Å². The third-order valence-electron chi connectivity index (χ3n) is 4.12. The molecule has 0 bridgehead atoms. The lowest BCUT2D eigenvalue weighted by Crippen LogP contribution is -1.98. The van der Waals surface area contributed by atoms with Gasteiger partial charge in [-0.2, -0.15) is 10.1 Å². The van der Waals surface area contributed by atoms with Crippen LogP contribution in [0.2, 0.25) is 0 Å². The number of aromatic amines is 1. The van der Waals surface area contributed by atoms with Gasteiger partial charge in [0.1, 0.15) is 17.3 Å². The van der Waals surface area contributed by atoms with Crippen LogP contribution in [0, 0.1) is 6.92 Å². The number of ether oxygens (including phenoxy) is 1. The van der Waals surface area contributed by atoms with Crippen LogP contribution in [0.5, 0.6) is 5.75 Å². The number of aromatic nitrogens is 4. The molecule has 0 aliphatic rings. The van der Waals surface area contributed by atoms with E-state index in [1.165, 1.54) is 0 Å². The normalized spacial score (nSPS) is 10.8. The zero-order valence-electron chi connectivity index (χ0n) is 14.4. The van der Waals surface area contributed by atoms with E-state index in [0.29, 0.717) is 5.82 Å². The zero-order valence-corrected chi connectivity index (χ0v) is 14.4. The highest BCUT2D eigenvalue weighted by Gasteiger charge is 2.14. The molecule has 0 aliphatic carbocycles. The summed E-state index contributed by atoms with van der Waals surface area (Å²) >= 11 is 0. The molecule has 26 heavy (non-hydrogen) atoms. The fourth-order valence-electron chi connectivity index (χ4n) is 2.90. The lowest BCUT2D eigenvalue weighted by Gasteiger charge is -2.09. The molecule has 0 radical (unpaired) electrons. The summed E-state index contributed by atoms with van der Waals surface area (Å²) in [5.74, 6) is 1.64. The highest BCUT2D eigenvalue weighted by Crippen LogP contribution is 2.35. The molecule has 0 fully saturated rings. The highest BCUT2D eigenvalue weighted by atomic mass is 16.5. The molecule has 130 valence electrons. The van der Waals surface area contributed by atoms with Crippen LogP contribution in [-0.4, -0.2) is 27.3 Å². The summed E-state index contributed by atoms with van der Waals surface area (Å²) in [6, 6.07) is 13.8. The Balaban J connectivity index is 1.79. The first-order chi connectivity index (χ1) is 12.6. The Labute approximate surface area is 150 Å². The molecule has 4 aromatic rings. The number of nitrogens with one attached hydrogen (secondary N) is 2. The van der Waals surface area contributed by atoms with Crippen LogP contribution in [0.15, 0.2) is 48.7 Å². The second kappa shape index (κ2) is 6.36. The topological polar surface area (TPSA) is 102 Å². The Kier molecular flexibility index (Phi) is 3.89. The van der Waals surface area contributed by atoms with E-state index in [9.17, 15) is 0 Å². The molecule has 2 aromatic carbocycles. The van der Waals surface area contributed by atoms with Gasteiger partial charge in [-0.1, -0.05) is 11.6 Å². The van der Waals surface area contributed by atoms with Gasteiger partial charge in [0, 0.05) is 22.8 Å². The fourth-order valence-corrected chi connectivity index (χ4v) is 2.90. The van der Waals surface area contributed by atoms with E-state index in [-0.39, 0.29) is 5.95 Å². The average Bonchev–Trinajstić information content (AvgIpc) is 3.05. The first-order valence-electron chi connectivity index (χ1n) is 8.13. The van der Waals surface area contributed by atoms with E-state index in [1.807, 2.05) is 37.3 Å². The smallest absolute Gasteiger partial charge is 0.221 e. The van der Waals surface area contributed by atoms with Crippen LogP contribution >= 0.6 is 0 Å². The van der Waals surface area contributed by atoms with Crippen molar-refractivity contribution in [2.45, 2.75) is 6.92 Å². The third kappa shape index (κ3) is 2.90. The number of aryl methyl sites for hydroxylation is 1. The Hall–Kier alpha value is -3.61. The van der Waals surface area contributed by atoms with Gasteiger partial charge in [-0.05, 0) is 43.3 Å². The van der Waals surface area contributed by atoms with Crippen LogP contribution in [0.3, 0.4) is 0 Å². The molecule has 0 saturated carbocycles. The second-order valence-corrected chi connectivity index (χ2v) is 5.96. The van der Waals surface area contributed by atoms with Gasteiger partial charge in [0.2, 0.25) is 5.95 Å². The summed E-state index contributed by atoms with van der Waals surface area (Å²) in [5, 5.41) is 11.8. The summed E-state index contributed by atoms with van der Waals surface area (Å²) in [7, 11) is 1.66. The average molecular weight is 346 g/mol. The minimum absolute atomic E-state index is 0.226. The maximum atomic E-state index is 5.64. The number of nitrogens with zero attached hydrogens (tertiary/aromatic N) is 3. The molecule has 0 unspecified atom stereocenters. The number of hydrogen-bond acceptors (Lipinski definition) is 6. The Morgan fingerprint density at radius 3 is 2.81 bits per heavy atom. The molecule has 0 amide bonds. The zero-order chi connectivity index (χ0) is 18.1. The molecule has 4 rings (SSSR count). The lowest BCUT2D eigenvalue weighted by atomic mass is 10.0. The summed E-state index contributed by atoms with van der Waals surface area (Å²) in [6.45, 7) is 2.05. The summed E-state index contributed by atoms with van der Waals surface area (Å²) in [6.07, 6.45) is 1.62. The molecule has 0 aliphatic heterocycles. The van der Waals surface area contributed by atoms with Crippen LogP contribution < -0.4 is 15.8 Å². The van der Waals surface area contributed by atoms with Gasteiger partial charge in [0.15, 0.2) is 0 Å². The van der Waals surface area contributed by atoms with Gasteiger partial charge in [-0.15, -0.1) is 0 Å². The number of benzene rings is 2. The van der Waals surface area contributed by atoms with Crippen molar-refractivity contribution in [3.8, 4) is 17.0 Å². The van der Waals surface area contributed by atoms with Gasteiger partial charge in [0.25, 0.3) is 0 Å². The molecule has 0 spiro atoms. The molecule has 2 aromatic heterocycles. The first-order valence-corrected chi connectivity index (χ1v) is 8.13. The molecule has 0 saturated heterocycles. The largest absolute Gasteiger partial charge is 0.496 e. The molecule has 7 heteroatoms. The van der Waals surface area contributed by atoms with Crippen LogP contribution in [-0.2, 0) is 0 Å². The van der Waals surface area contributed by atoms with E-state index < -0.39 is 0 Å². The van der Waals surface area contributed by atoms with Crippen LogP contribution in [0.4, 0.5) is 17.5 Å². The van der Waals surface area contributed by atoms with Crippen molar-refractivity contribution in [3.63, 3.8) is 0 Å². The third-order valence-corrected chi connectivity index (χ3v) is 4.12. The number of fused-ring (bicyclic) bond motifs is 1. The number of H-pyrrole nitrogens is 1. The van der Waals surface area contributed by atoms with E-state index >= 15 is 0 Å². The second-order valence-electron chi connectivity index (χ2n) is 5.96. The molecular formula is C19H18N6O. The molecule has 2 heterocycles. The van der Waals surface area contributed by atoms with Crippen molar-refractivity contribution in [1.82, 2.24) is 20.2 Å². The maximum Gasteiger partial charge on any atom is 0.221 e. The van der Waals surface area contributed by atoms with Crippen molar-refractivity contribution in [3.05, 3.63) is 54.2 Å². The van der Waals surface area contributed by atoms with Crippen molar-refractivity contribution in [1.29, 1.82) is 0 Å². The van der Waals surface area contributed by atoms with Crippen molar-refractivity contribution < 1.29 is 4.74 Å². The molecule has 7 nitrogen and oxygen atoms in total. The lowest BCUT2D eigenvalue weighted by molar-refractivity contribution is 0.416. The number of methoxy groups -OCH3 is 1. The summed E-state index contributed by atoms with van der Waals surface area (Å²) in [4.78, 5) is 8.07. The molecule has 0 atom stereocenters.